The highest BCUT2D eigenvalue weighted by Crippen LogP contribution is 2.29. The van der Waals surface area contributed by atoms with E-state index in [2.05, 4.69) is 22.4 Å². The molecule has 0 radical (unpaired) electrons. The third-order valence-electron chi connectivity index (χ3n) is 5.26. The van der Waals surface area contributed by atoms with Crippen molar-refractivity contribution >= 4 is 38.9 Å². The van der Waals surface area contributed by atoms with Crippen LogP contribution in [-0.4, -0.2) is 39.3 Å². The van der Waals surface area contributed by atoms with Crippen molar-refractivity contribution in [3.8, 4) is 11.5 Å². The molecule has 0 atom stereocenters. The van der Waals surface area contributed by atoms with Gasteiger partial charge in [0.25, 0.3) is 5.56 Å². The van der Waals surface area contributed by atoms with Gasteiger partial charge in [0.15, 0.2) is 11.5 Å². The lowest BCUT2D eigenvalue weighted by Crippen LogP contribution is -2.23. The number of aromatic nitrogens is 4. The SMILES string of the molecule is CCCCn1c(=O)c2sccc2n2c(CCC(=O)Nc3ccc(OC)c(OC)c3)nnc12. The Labute approximate surface area is 188 Å². The summed E-state index contributed by atoms with van der Waals surface area (Å²) < 4.78 is 14.8. The maximum Gasteiger partial charge on any atom is 0.272 e. The Hall–Kier alpha value is -3.40. The highest BCUT2D eigenvalue weighted by molar-refractivity contribution is 7.17. The molecule has 4 aromatic rings. The number of unbranched alkanes of at least 4 members (excludes halogenated alkanes) is 1. The van der Waals surface area contributed by atoms with Gasteiger partial charge in [0.05, 0.1) is 19.7 Å². The van der Waals surface area contributed by atoms with E-state index in [1.54, 1.807) is 37.0 Å². The maximum absolute atomic E-state index is 12.9. The molecule has 1 amide bonds. The second-order valence-electron chi connectivity index (χ2n) is 7.31. The van der Waals surface area contributed by atoms with Crippen LogP contribution in [0.25, 0.3) is 16.0 Å². The summed E-state index contributed by atoms with van der Waals surface area (Å²) in [6.45, 7) is 2.67. The molecule has 1 N–H and O–H groups in total. The van der Waals surface area contributed by atoms with Crippen molar-refractivity contribution in [1.82, 2.24) is 19.2 Å². The first-order valence-electron chi connectivity index (χ1n) is 10.4. The number of nitrogens with zero attached hydrogens (tertiary/aromatic N) is 4. The first-order chi connectivity index (χ1) is 15.6. The predicted octanol–water partition coefficient (Wildman–Crippen LogP) is 3.49. The highest BCUT2D eigenvalue weighted by atomic mass is 32.1. The normalized spacial score (nSPS) is 11.2. The molecule has 0 aliphatic carbocycles. The average Bonchev–Trinajstić information content (AvgIpc) is 3.45. The van der Waals surface area contributed by atoms with E-state index in [4.69, 9.17) is 9.47 Å². The fourth-order valence-corrected chi connectivity index (χ4v) is 4.45. The summed E-state index contributed by atoms with van der Waals surface area (Å²) in [4.78, 5) is 25.5. The molecule has 0 fully saturated rings. The second kappa shape index (κ2) is 9.39. The zero-order valence-electron chi connectivity index (χ0n) is 18.3. The highest BCUT2D eigenvalue weighted by Gasteiger charge is 2.18. The average molecular weight is 456 g/mol. The number of nitrogens with one attached hydrogen (secondary N) is 1. The van der Waals surface area contributed by atoms with E-state index in [1.807, 2.05) is 15.8 Å². The van der Waals surface area contributed by atoms with Gasteiger partial charge in [-0.2, -0.15) is 0 Å². The Morgan fingerprint density at radius 1 is 1.16 bits per heavy atom. The fraction of sp³-hybridized carbons (Fsp3) is 0.364. The molecule has 0 spiro atoms. The van der Waals surface area contributed by atoms with Crippen LogP contribution in [0.15, 0.2) is 34.4 Å². The minimum Gasteiger partial charge on any atom is -0.493 e. The lowest BCUT2D eigenvalue weighted by molar-refractivity contribution is -0.116. The summed E-state index contributed by atoms with van der Waals surface area (Å²) >= 11 is 1.41. The Morgan fingerprint density at radius 3 is 2.72 bits per heavy atom. The lowest BCUT2D eigenvalue weighted by atomic mass is 10.2. The topological polar surface area (TPSA) is 99.8 Å². The van der Waals surface area contributed by atoms with Crippen molar-refractivity contribution in [1.29, 1.82) is 0 Å². The molecule has 0 aliphatic heterocycles. The third-order valence-corrected chi connectivity index (χ3v) is 6.15. The summed E-state index contributed by atoms with van der Waals surface area (Å²) in [7, 11) is 3.11. The van der Waals surface area contributed by atoms with Crippen molar-refractivity contribution in [2.75, 3.05) is 19.5 Å². The zero-order chi connectivity index (χ0) is 22.7. The van der Waals surface area contributed by atoms with Crippen LogP contribution in [0.2, 0.25) is 0 Å². The van der Waals surface area contributed by atoms with E-state index < -0.39 is 0 Å². The van der Waals surface area contributed by atoms with Gasteiger partial charge in [-0.15, -0.1) is 21.5 Å². The van der Waals surface area contributed by atoms with Gasteiger partial charge in [-0.25, -0.2) is 0 Å². The molecule has 4 rings (SSSR count). The Balaban J connectivity index is 1.57. The Kier molecular flexibility index (Phi) is 6.40. The summed E-state index contributed by atoms with van der Waals surface area (Å²) in [6, 6.07) is 7.11. The van der Waals surface area contributed by atoms with E-state index in [9.17, 15) is 9.59 Å². The molecule has 1 aromatic carbocycles. The Morgan fingerprint density at radius 2 is 1.97 bits per heavy atom. The van der Waals surface area contributed by atoms with Gasteiger partial charge < -0.3 is 14.8 Å². The summed E-state index contributed by atoms with van der Waals surface area (Å²) in [5, 5.41) is 13.4. The number of anilines is 1. The van der Waals surface area contributed by atoms with Crippen LogP contribution in [0.3, 0.4) is 0 Å². The molecule has 3 aromatic heterocycles. The van der Waals surface area contributed by atoms with E-state index >= 15 is 0 Å². The number of fused-ring (bicyclic) bond motifs is 3. The second-order valence-corrected chi connectivity index (χ2v) is 8.23. The number of thiophene rings is 1. The van der Waals surface area contributed by atoms with Crippen LogP contribution in [0.4, 0.5) is 5.69 Å². The summed E-state index contributed by atoms with van der Waals surface area (Å²) in [5.74, 6) is 2.14. The maximum atomic E-state index is 12.9. The lowest BCUT2D eigenvalue weighted by Gasteiger charge is -2.11. The largest absolute Gasteiger partial charge is 0.493 e. The van der Waals surface area contributed by atoms with E-state index in [1.165, 1.54) is 11.3 Å². The standard InChI is InChI=1S/C22H25N5O4S/c1-4-5-11-26-21(29)20-15(10-12-32-20)27-18(24-25-22(26)27)8-9-19(28)23-14-6-7-16(30-2)17(13-14)31-3/h6-7,10,12-13H,4-5,8-9,11H2,1-3H3,(H,23,28). The van der Waals surface area contributed by atoms with Gasteiger partial charge in [-0.3, -0.25) is 18.6 Å². The van der Waals surface area contributed by atoms with Crippen LogP contribution >= 0.6 is 11.3 Å². The molecule has 0 aliphatic rings. The van der Waals surface area contributed by atoms with Crippen molar-refractivity contribution in [3.63, 3.8) is 0 Å². The molecule has 168 valence electrons. The summed E-state index contributed by atoms with van der Waals surface area (Å²) in [6.07, 6.45) is 2.45. The first-order valence-corrected chi connectivity index (χ1v) is 11.3. The van der Waals surface area contributed by atoms with Crippen LogP contribution in [-0.2, 0) is 17.8 Å². The first kappa shape index (κ1) is 21.8. The van der Waals surface area contributed by atoms with Gasteiger partial charge >= 0.3 is 0 Å². The minimum absolute atomic E-state index is 0.0407. The molecule has 0 bridgehead atoms. The minimum atomic E-state index is -0.158. The van der Waals surface area contributed by atoms with E-state index in [-0.39, 0.29) is 17.9 Å². The molecule has 32 heavy (non-hydrogen) atoms. The third kappa shape index (κ3) is 4.05. The van der Waals surface area contributed by atoms with Crippen LogP contribution in [0, 0.1) is 0 Å². The molecule has 0 saturated heterocycles. The molecular formula is C22H25N5O4S. The molecule has 3 heterocycles. The van der Waals surface area contributed by atoms with E-state index in [0.29, 0.717) is 46.5 Å². The fourth-order valence-electron chi connectivity index (χ4n) is 3.62. The van der Waals surface area contributed by atoms with Gasteiger partial charge in [0.1, 0.15) is 10.5 Å². The number of carbonyl (C=O) groups is 1. The van der Waals surface area contributed by atoms with Gasteiger partial charge in [-0.05, 0) is 30.0 Å². The quantitative estimate of drug-likeness (QED) is 0.415. The monoisotopic (exact) mass is 455 g/mol. The smallest absolute Gasteiger partial charge is 0.272 e. The zero-order valence-corrected chi connectivity index (χ0v) is 19.1. The number of methoxy groups -OCH3 is 2. The molecule has 9 nitrogen and oxygen atoms in total. The van der Waals surface area contributed by atoms with Gasteiger partial charge in [0, 0.05) is 31.1 Å². The van der Waals surface area contributed by atoms with Crippen molar-refractivity contribution in [2.45, 2.75) is 39.2 Å². The number of carbonyl (C=O) groups excluding carboxylic acids is 1. The number of benzene rings is 1. The molecule has 0 saturated carbocycles. The number of amides is 1. The molecular weight excluding hydrogens is 430 g/mol. The predicted molar refractivity (Wildman–Crippen MR) is 124 cm³/mol. The summed E-state index contributed by atoms with van der Waals surface area (Å²) in [5.41, 5.74) is 1.36. The number of hydrogen-bond acceptors (Lipinski definition) is 7. The van der Waals surface area contributed by atoms with Gasteiger partial charge in [-0.1, -0.05) is 13.3 Å². The molecule has 10 heteroatoms. The Bertz CT molecular complexity index is 1320. The van der Waals surface area contributed by atoms with Crippen LogP contribution in [0.1, 0.15) is 32.0 Å². The molecule has 0 unspecified atom stereocenters. The number of ether oxygens (including phenoxy) is 2. The number of rotatable bonds is 9. The van der Waals surface area contributed by atoms with Crippen molar-refractivity contribution in [3.05, 3.63) is 45.8 Å². The number of hydrogen-bond donors (Lipinski definition) is 1. The van der Waals surface area contributed by atoms with Crippen molar-refractivity contribution in [2.24, 2.45) is 0 Å². The van der Waals surface area contributed by atoms with Crippen LogP contribution in [0.5, 0.6) is 11.5 Å². The van der Waals surface area contributed by atoms with Crippen molar-refractivity contribution < 1.29 is 14.3 Å². The number of aryl methyl sites for hydroxylation is 2. The van der Waals surface area contributed by atoms with E-state index in [0.717, 1.165) is 18.4 Å². The van der Waals surface area contributed by atoms with Gasteiger partial charge in [0.2, 0.25) is 11.7 Å². The van der Waals surface area contributed by atoms with Crippen LogP contribution < -0.4 is 20.3 Å².